The summed E-state index contributed by atoms with van der Waals surface area (Å²) in [5.41, 5.74) is 0.677. The van der Waals surface area contributed by atoms with Gasteiger partial charge in [0, 0.05) is 16.2 Å². The Morgan fingerprint density at radius 3 is 2.73 bits per heavy atom. The molecule has 1 saturated carbocycles. The summed E-state index contributed by atoms with van der Waals surface area (Å²) < 4.78 is 5.99. The van der Waals surface area contributed by atoms with Crippen molar-refractivity contribution in [2.45, 2.75) is 25.0 Å². The van der Waals surface area contributed by atoms with Gasteiger partial charge in [-0.05, 0) is 40.4 Å². The topological polar surface area (TPSA) is 71.2 Å². The number of aromatic amines is 1. The SMILES string of the molecule is O=C(NC1(c2cc(Br)c[nH]c2=O)CC1)OCc1ccccc1. The first kappa shape index (κ1) is 14.8. The van der Waals surface area contributed by atoms with Crippen molar-refractivity contribution in [1.82, 2.24) is 10.3 Å². The molecule has 0 aliphatic heterocycles. The minimum Gasteiger partial charge on any atom is -0.445 e. The lowest BCUT2D eigenvalue weighted by atomic mass is 10.1. The molecule has 1 aromatic carbocycles. The highest BCUT2D eigenvalue weighted by molar-refractivity contribution is 9.10. The number of carbonyl (C=O) groups excluding carboxylic acids is 1. The number of H-pyrrole nitrogens is 1. The molecule has 1 amide bonds. The molecule has 0 radical (unpaired) electrons. The molecule has 0 bridgehead atoms. The number of amides is 1. The van der Waals surface area contributed by atoms with Crippen molar-refractivity contribution in [3.05, 3.63) is 68.5 Å². The van der Waals surface area contributed by atoms with Crippen LogP contribution in [-0.2, 0) is 16.9 Å². The molecule has 0 spiro atoms. The van der Waals surface area contributed by atoms with E-state index in [9.17, 15) is 9.59 Å². The van der Waals surface area contributed by atoms with Crippen LogP contribution in [0.2, 0.25) is 0 Å². The molecule has 0 saturated heterocycles. The Bertz CT molecular complexity index is 739. The van der Waals surface area contributed by atoms with Crippen LogP contribution in [0.4, 0.5) is 4.79 Å². The van der Waals surface area contributed by atoms with Gasteiger partial charge in [-0.25, -0.2) is 4.79 Å². The van der Waals surface area contributed by atoms with Crippen LogP contribution in [0.3, 0.4) is 0 Å². The van der Waals surface area contributed by atoms with Crippen LogP contribution in [0.5, 0.6) is 0 Å². The fraction of sp³-hybridized carbons (Fsp3) is 0.250. The van der Waals surface area contributed by atoms with Crippen LogP contribution in [0, 0.1) is 0 Å². The van der Waals surface area contributed by atoms with Crippen LogP contribution < -0.4 is 10.9 Å². The highest BCUT2D eigenvalue weighted by atomic mass is 79.9. The fourth-order valence-electron chi connectivity index (χ4n) is 2.35. The number of hydrogen-bond donors (Lipinski definition) is 2. The monoisotopic (exact) mass is 362 g/mol. The predicted molar refractivity (Wildman–Crippen MR) is 85.4 cm³/mol. The number of halogens is 1. The normalized spacial score (nSPS) is 15.1. The van der Waals surface area contributed by atoms with E-state index in [0.29, 0.717) is 5.56 Å². The summed E-state index contributed by atoms with van der Waals surface area (Å²) in [6.45, 7) is 0.206. The van der Waals surface area contributed by atoms with Crippen LogP contribution in [0.25, 0.3) is 0 Å². The third-order valence-electron chi connectivity index (χ3n) is 3.69. The Morgan fingerprint density at radius 2 is 2.05 bits per heavy atom. The molecule has 1 aliphatic rings. The highest BCUT2D eigenvalue weighted by Crippen LogP contribution is 2.44. The molecule has 2 N–H and O–H groups in total. The van der Waals surface area contributed by atoms with Gasteiger partial charge in [-0.3, -0.25) is 4.79 Å². The first-order valence-corrected chi connectivity index (χ1v) is 7.76. The number of carbonyl (C=O) groups is 1. The quantitative estimate of drug-likeness (QED) is 0.877. The average molecular weight is 363 g/mol. The zero-order valence-electron chi connectivity index (χ0n) is 11.8. The van der Waals surface area contributed by atoms with Crippen molar-refractivity contribution >= 4 is 22.0 Å². The number of hydrogen-bond acceptors (Lipinski definition) is 3. The average Bonchev–Trinajstić information content (AvgIpc) is 3.29. The summed E-state index contributed by atoms with van der Waals surface area (Å²) >= 11 is 3.33. The van der Waals surface area contributed by atoms with Crippen molar-refractivity contribution in [2.75, 3.05) is 0 Å². The lowest BCUT2D eigenvalue weighted by Gasteiger charge is -2.17. The van der Waals surface area contributed by atoms with Crippen molar-refractivity contribution < 1.29 is 9.53 Å². The molecular weight excluding hydrogens is 348 g/mol. The van der Waals surface area contributed by atoms with Gasteiger partial charge in [0.05, 0.1) is 5.54 Å². The van der Waals surface area contributed by atoms with Gasteiger partial charge in [0.2, 0.25) is 0 Å². The second-order valence-electron chi connectivity index (χ2n) is 5.33. The molecule has 5 nitrogen and oxygen atoms in total. The van der Waals surface area contributed by atoms with Crippen molar-refractivity contribution in [1.29, 1.82) is 0 Å². The minimum absolute atomic E-state index is 0.191. The minimum atomic E-state index is -0.606. The first-order valence-electron chi connectivity index (χ1n) is 6.97. The number of nitrogens with one attached hydrogen (secondary N) is 2. The Labute approximate surface area is 135 Å². The summed E-state index contributed by atoms with van der Waals surface area (Å²) in [6, 6.07) is 11.2. The van der Waals surface area contributed by atoms with E-state index in [4.69, 9.17) is 4.74 Å². The molecular formula is C16H15BrN2O3. The first-order chi connectivity index (χ1) is 10.6. The number of alkyl carbamates (subject to hydrolysis) is 1. The Kier molecular flexibility index (Phi) is 4.02. The van der Waals surface area contributed by atoms with E-state index in [-0.39, 0.29) is 12.2 Å². The van der Waals surface area contributed by atoms with Crippen molar-refractivity contribution in [3.8, 4) is 0 Å². The summed E-state index contributed by atoms with van der Waals surface area (Å²) in [7, 11) is 0. The van der Waals surface area contributed by atoms with Gasteiger partial charge in [-0.1, -0.05) is 30.3 Å². The smallest absolute Gasteiger partial charge is 0.408 e. The predicted octanol–water partition coefficient (Wildman–Crippen LogP) is 3.05. The Hall–Kier alpha value is -2.08. The third-order valence-corrected chi connectivity index (χ3v) is 4.15. The van der Waals surface area contributed by atoms with Crippen LogP contribution in [-0.4, -0.2) is 11.1 Å². The zero-order chi connectivity index (χ0) is 15.6. The van der Waals surface area contributed by atoms with E-state index in [2.05, 4.69) is 26.2 Å². The molecule has 1 heterocycles. The number of ether oxygens (including phenoxy) is 1. The second-order valence-corrected chi connectivity index (χ2v) is 6.25. The summed E-state index contributed by atoms with van der Waals surface area (Å²) in [4.78, 5) is 26.6. The molecule has 22 heavy (non-hydrogen) atoms. The standard InChI is InChI=1S/C16H15BrN2O3/c17-12-8-13(14(20)18-9-12)16(6-7-16)19-15(21)22-10-11-4-2-1-3-5-11/h1-5,8-9H,6-7,10H2,(H,18,20)(H,19,21). The van der Waals surface area contributed by atoms with Crippen LogP contribution in [0.15, 0.2) is 51.9 Å². The highest BCUT2D eigenvalue weighted by Gasteiger charge is 2.48. The van der Waals surface area contributed by atoms with Gasteiger partial charge in [0.25, 0.3) is 5.56 Å². The maximum atomic E-state index is 12.0. The number of aromatic nitrogens is 1. The molecule has 0 atom stereocenters. The summed E-state index contributed by atoms with van der Waals surface area (Å²) in [5.74, 6) is 0. The lowest BCUT2D eigenvalue weighted by molar-refractivity contribution is 0.134. The van der Waals surface area contributed by atoms with Crippen molar-refractivity contribution in [3.63, 3.8) is 0 Å². The van der Waals surface area contributed by atoms with E-state index in [1.54, 1.807) is 12.3 Å². The van der Waals surface area contributed by atoms with E-state index < -0.39 is 11.6 Å². The zero-order valence-corrected chi connectivity index (χ0v) is 13.4. The molecule has 2 aromatic rings. The maximum Gasteiger partial charge on any atom is 0.408 e. The largest absolute Gasteiger partial charge is 0.445 e. The van der Waals surface area contributed by atoms with E-state index in [1.807, 2.05) is 30.3 Å². The maximum absolute atomic E-state index is 12.0. The third kappa shape index (κ3) is 3.22. The molecule has 1 aromatic heterocycles. The van der Waals surface area contributed by atoms with Gasteiger partial charge in [0.15, 0.2) is 0 Å². The fourth-order valence-corrected chi connectivity index (χ4v) is 2.70. The number of pyridine rings is 1. The summed E-state index contributed by atoms with van der Waals surface area (Å²) in [5, 5.41) is 2.82. The van der Waals surface area contributed by atoms with E-state index in [0.717, 1.165) is 22.9 Å². The molecule has 0 unspecified atom stereocenters. The summed E-state index contributed by atoms with van der Waals surface area (Å²) in [6.07, 6.45) is 2.52. The molecule has 1 fully saturated rings. The molecule has 3 rings (SSSR count). The van der Waals surface area contributed by atoms with Gasteiger partial charge in [-0.15, -0.1) is 0 Å². The van der Waals surface area contributed by atoms with Crippen LogP contribution >= 0.6 is 15.9 Å². The van der Waals surface area contributed by atoms with E-state index >= 15 is 0 Å². The van der Waals surface area contributed by atoms with Crippen LogP contribution in [0.1, 0.15) is 24.0 Å². The molecule has 114 valence electrons. The Balaban J connectivity index is 1.66. The number of benzene rings is 1. The van der Waals surface area contributed by atoms with Gasteiger partial charge < -0.3 is 15.0 Å². The Morgan fingerprint density at radius 1 is 1.32 bits per heavy atom. The number of rotatable bonds is 4. The lowest BCUT2D eigenvalue weighted by Crippen LogP contribution is -2.38. The molecule has 1 aliphatic carbocycles. The van der Waals surface area contributed by atoms with Gasteiger partial charge in [0.1, 0.15) is 6.61 Å². The van der Waals surface area contributed by atoms with Gasteiger partial charge in [-0.2, -0.15) is 0 Å². The molecule has 6 heteroatoms. The van der Waals surface area contributed by atoms with Crippen molar-refractivity contribution in [2.24, 2.45) is 0 Å². The van der Waals surface area contributed by atoms with E-state index in [1.165, 1.54) is 0 Å². The second kappa shape index (κ2) is 5.96. The van der Waals surface area contributed by atoms with Gasteiger partial charge >= 0.3 is 6.09 Å².